The van der Waals surface area contributed by atoms with Gasteiger partial charge in [-0.15, -0.1) is 0 Å². The van der Waals surface area contributed by atoms with Crippen LogP contribution in [0.3, 0.4) is 0 Å². The minimum absolute atomic E-state index is 0.0335. The second-order valence-corrected chi connectivity index (χ2v) is 9.15. The zero-order valence-corrected chi connectivity index (χ0v) is 16.7. The molecule has 8 heteroatoms. The smallest absolute Gasteiger partial charge is 0.264 e. The first kappa shape index (κ1) is 19.3. The number of piperidine rings is 1. The van der Waals surface area contributed by atoms with Crippen molar-refractivity contribution < 1.29 is 12.8 Å². The number of sulfonamides is 1. The van der Waals surface area contributed by atoms with Gasteiger partial charge in [-0.2, -0.15) is 0 Å². The van der Waals surface area contributed by atoms with Crippen LogP contribution in [0.4, 0.5) is 10.1 Å². The highest BCUT2D eigenvalue weighted by Crippen LogP contribution is 2.40. The van der Waals surface area contributed by atoms with Crippen molar-refractivity contribution in [1.82, 2.24) is 15.2 Å². The molecule has 3 heterocycles. The molecule has 2 aliphatic heterocycles. The van der Waals surface area contributed by atoms with E-state index in [4.69, 9.17) is 0 Å². The summed E-state index contributed by atoms with van der Waals surface area (Å²) in [7, 11) is -3.85. The lowest BCUT2D eigenvalue weighted by Crippen LogP contribution is -2.45. The van der Waals surface area contributed by atoms with Gasteiger partial charge in [0.05, 0.1) is 28.9 Å². The third kappa shape index (κ3) is 3.52. The monoisotopic (exact) mass is 404 g/mol. The van der Waals surface area contributed by atoms with Gasteiger partial charge in [0.1, 0.15) is 5.82 Å². The first-order valence-corrected chi connectivity index (χ1v) is 11.2. The van der Waals surface area contributed by atoms with Crippen LogP contribution in [0.15, 0.2) is 47.5 Å². The van der Waals surface area contributed by atoms with E-state index in [0.29, 0.717) is 18.3 Å². The van der Waals surface area contributed by atoms with Crippen LogP contribution in [-0.4, -0.2) is 50.5 Å². The van der Waals surface area contributed by atoms with Crippen LogP contribution in [0, 0.1) is 5.82 Å². The molecule has 1 N–H and O–H groups in total. The zero-order valence-electron chi connectivity index (χ0n) is 15.9. The van der Waals surface area contributed by atoms with E-state index in [1.54, 1.807) is 18.3 Å². The van der Waals surface area contributed by atoms with E-state index < -0.39 is 15.8 Å². The summed E-state index contributed by atoms with van der Waals surface area (Å²) in [6.45, 7) is 5.16. The number of fused-ring (bicyclic) bond motifs is 1. The van der Waals surface area contributed by atoms with Crippen molar-refractivity contribution in [1.29, 1.82) is 0 Å². The number of rotatable bonds is 5. The van der Waals surface area contributed by atoms with Crippen molar-refractivity contribution in [2.45, 2.75) is 36.7 Å². The molecule has 1 unspecified atom stereocenters. The van der Waals surface area contributed by atoms with E-state index in [-0.39, 0.29) is 10.9 Å². The van der Waals surface area contributed by atoms with E-state index in [1.165, 1.54) is 22.5 Å². The summed E-state index contributed by atoms with van der Waals surface area (Å²) < 4.78 is 41.5. The van der Waals surface area contributed by atoms with Crippen molar-refractivity contribution in [3.63, 3.8) is 0 Å². The van der Waals surface area contributed by atoms with Crippen molar-refractivity contribution in [3.8, 4) is 0 Å². The second kappa shape index (κ2) is 7.77. The highest BCUT2D eigenvalue weighted by atomic mass is 32.2. The van der Waals surface area contributed by atoms with Crippen LogP contribution in [0.5, 0.6) is 0 Å². The molecule has 0 aliphatic carbocycles. The molecule has 0 radical (unpaired) electrons. The Morgan fingerprint density at radius 1 is 1.21 bits per heavy atom. The number of anilines is 1. The average Bonchev–Trinajstić information content (AvgIpc) is 3.09. The van der Waals surface area contributed by atoms with E-state index in [9.17, 15) is 12.8 Å². The SMILES string of the molecule is CCNC1CCN(C2CN(S(=O)(=O)c3cccc(F)c3)c3cccnc32)CC1. The minimum Gasteiger partial charge on any atom is -0.314 e. The van der Waals surface area contributed by atoms with Gasteiger partial charge in [-0.1, -0.05) is 13.0 Å². The number of hydrogen-bond donors (Lipinski definition) is 1. The van der Waals surface area contributed by atoms with Crippen molar-refractivity contribution >= 4 is 15.7 Å². The van der Waals surface area contributed by atoms with Crippen LogP contribution in [-0.2, 0) is 10.0 Å². The second-order valence-electron chi connectivity index (χ2n) is 7.29. The topological polar surface area (TPSA) is 65.5 Å². The lowest BCUT2D eigenvalue weighted by Gasteiger charge is -2.36. The van der Waals surface area contributed by atoms with E-state index >= 15 is 0 Å². The maximum Gasteiger partial charge on any atom is 0.264 e. The number of likely N-dealkylation sites (tertiary alicyclic amines) is 1. The molecular weight excluding hydrogens is 379 g/mol. The molecule has 2 aromatic rings. The van der Waals surface area contributed by atoms with Gasteiger partial charge in [0, 0.05) is 25.3 Å². The molecule has 1 fully saturated rings. The Morgan fingerprint density at radius 2 is 2.00 bits per heavy atom. The normalized spacial score (nSPS) is 21.1. The molecule has 6 nitrogen and oxygen atoms in total. The van der Waals surface area contributed by atoms with Crippen LogP contribution in [0.2, 0.25) is 0 Å². The molecule has 0 bridgehead atoms. The maximum absolute atomic E-state index is 13.6. The molecule has 4 rings (SSSR count). The average molecular weight is 405 g/mol. The van der Waals surface area contributed by atoms with Crippen molar-refractivity contribution in [2.24, 2.45) is 0 Å². The lowest BCUT2D eigenvalue weighted by molar-refractivity contribution is 0.150. The van der Waals surface area contributed by atoms with Crippen LogP contribution in [0.25, 0.3) is 0 Å². The van der Waals surface area contributed by atoms with Gasteiger partial charge in [-0.25, -0.2) is 12.8 Å². The number of hydrogen-bond acceptors (Lipinski definition) is 5. The number of pyridine rings is 1. The molecule has 0 spiro atoms. The Balaban J connectivity index is 1.62. The van der Waals surface area contributed by atoms with Gasteiger partial charge in [0.15, 0.2) is 0 Å². The Morgan fingerprint density at radius 3 is 2.71 bits per heavy atom. The third-order valence-electron chi connectivity index (χ3n) is 5.59. The van der Waals surface area contributed by atoms with Gasteiger partial charge in [-0.05, 0) is 49.7 Å². The van der Waals surface area contributed by atoms with Gasteiger partial charge in [0.25, 0.3) is 10.0 Å². The Hall–Kier alpha value is -2.03. The maximum atomic E-state index is 13.6. The highest BCUT2D eigenvalue weighted by molar-refractivity contribution is 7.92. The predicted octanol–water partition coefficient (Wildman–Crippen LogP) is 2.54. The number of aromatic nitrogens is 1. The third-order valence-corrected chi connectivity index (χ3v) is 7.36. The summed E-state index contributed by atoms with van der Waals surface area (Å²) >= 11 is 0. The standard InChI is InChI=1S/C20H25FN4O2S/c1-2-22-16-8-11-24(12-9-16)19-14-25(18-7-4-10-23-20(18)19)28(26,27)17-6-3-5-15(21)13-17/h3-7,10,13,16,19,22H,2,8-9,11-12,14H2,1H3. The quantitative estimate of drug-likeness (QED) is 0.830. The highest BCUT2D eigenvalue weighted by Gasteiger charge is 2.41. The van der Waals surface area contributed by atoms with Crippen LogP contribution >= 0.6 is 0 Å². The predicted molar refractivity (Wildman–Crippen MR) is 106 cm³/mol. The number of nitrogens with zero attached hydrogens (tertiary/aromatic N) is 3. The molecule has 2 aliphatic rings. The molecule has 1 aromatic carbocycles. The van der Waals surface area contributed by atoms with Gasteiger partial charge >= 0.3 is 0 Å². The molecular formula is C20H25FN4O2S. The molecule has 150 valence electrons. The Bertz CT molecular complexity index is 945. The largest absolute Gasteiger partial charge is 0.314 e. The minimum atomic E-state index is -3.85. The number of halogens is 1. The van der Waals surface area contributed by atoms with Crippen molar-refractivity contribution in [2.75, 3.05) is 30.5 Å². The van der Waals surface area contributed by atoms with E-state index in [2.05, 4.69) is 22.1 Å². The van der Waals surface area contributed by atoms with Gasteiger partial charge < -0.3 is 5.32 Å². The molecule has 0 saturated carbocycles. The molecule has 1 aromatic heterocycles. The first-order chi connectivity index (χ1) is 13.5. The molecule has 1 saturated heterocycles. The van der Waals surface area contributed by atoms with Crippen LogP contribution < -0.4 is 9.62 Å². The summed E-state index contributed by atoms with van der Waals surface area (Å²) in [4.78, 5) is 6.80. The summed E-state index contributed by atoms with van der Waals surface area (Å²) in [5.74, 6) is -0.561. The fourth-order valence-electron chi connectivity index (χ4n) is 4.19. The molecule has 28 heavy (non-hydrogen) atoms. The fourth-order valence-corrected chi connectivity index (χ4v) is 5.71. The van der Waals surface area contributed by atoms with Crippen LogP contribution in [0.1, 0.15) is 31.5 Å². The Kier molecular flexibility index (Phi) is 5.35. The van der Waals surface area contributed by atoms with Crippen molar-refractivity contribution in [3.05, 3.63) is 54.1 Å². The summed E-state index contributed by atoms with van der Waals surface area (Å²) in [5, 5.41) is 3.49. The zero-order chi connectivity index (χ0) is 19.7. The first-order valence-electron chi connectivity index (χ1n) is 9.71. The number of benzene rings is 1. The summed E-state index contributed by atoms with van der Waals surface area (Å²) in [5.41, 5.74) is 1.37. The summed E-state index contributed by atoms with van der Waals surface area (Å²) in [6.07, 6.45) is 3.77. The van der Waals surface area contributed by atoms with Gasteiger partial charge in [-0.3, -0.25) is 14.2 Å². The molecule has 0 amide bonds. The Labute approximate surface area is 165 Å². The fraction of sp³-hybridized carbons (Fsp3) is 0.450. The molecule has 1 atom stereocenters. The number of nitrogens with one attached hydrogen (secondary N) is 1. The van der Waals surface area contributed by atoms with E-state index in [1.807, 2.05) is 0 Å². The summed E-state index contributed by atoms with van der Waals surface area (Å²) in [6, 6.07) is 9.13. The van der Waals surface area contributed by atoms with E-state index in [0.717, 1.165) is 44.2 Å². The van der Waals surface area contributed by atoms with Gasteiger partial charge in [0.2, 0.25) is 0 Å². The lowest BCUT2D eigenvalue weighted by atomic mass is 10.0.